The predicted octanol–water partition coefficient (Wildman–Crippen LogP) is 2.51. The Kier molecular flexibility index (Phi) is 5.63. The van der Waals surface area contributed by atoms with Gasteiger partial charge in [0.1, 0.15) is 11.2 Å². The third-order valence-corrected chi connectivity index (χ3v) is 5.22. The standard InChI is InChI=1S/C16H26F2N2O7S/c1-14(2,3)26-12(21)19-9-16(17,18)7-10(19)11-8-25-28(23,24)20(11)13(22)27-15(4,5)6/h10-11H,7-9H2,1-6H3/t10-,11?/m0/s1. The molecule has 2 saturated heterocycles. The SMILES string of the molecule is CC(C)(C)OC(=O)N1CC(F)(F)C[C@H]1C1COS(=O)(=O)N1C(=O)OC(C)(C)C. The van der Waals surface area contributed by atoms with E-state index in [-0.39, 0.29) is 0 Å². The van der Waals surface area contributed by atoms with Gasteiger partial charge in [0.05, 0.1) is 25.2 Å². The van der Waals surface area contributed by atoms with Crippen LogP contribution in [-0.4, -0.2) is 72.2 Å². The lowest BCUT2D eigenvalue weighted by atomic mass is 10.1. The Morgan fingerprint density at radius 3 is 2.00 bits per heavy atom. The Hall–Kier alpha value is -1.69. The first-order chi connectivity index (χ1) is 12.4. The summed E-state index contributed by atoms with van der Waals surface area (Å²) in [4.78, 5) is 25.6. The summed E-state index contributed by atoms with van der Waals surface area (Å²) in [7, 11) is -4.53. The summed E-state index contributed by atoms with van der Waals surface area (Å²) in [5.74, 6) is -3.27. The highest BCUT2D eigenvalue weighted by atomic mass is 32.2. The minimum Gasteiger partial charge on any atom is -0.444 e. The summed E-state index contributed by atoms with van der Waals surface area (Å²) in [6.07, 6.45) is -3.12. The fourth-order valence-corrected chi connectivity index (χ4v) is 4.14. The number of carbonyl (C=O) groups is 2. The molecule has 2 aliphatic rings. The highest BCUT2D eigenvalue weighted by Gasteiger charge is 2.57. The topological polar surface area (TPSA) is 102 Å². The molecule has 0 N–H and O–H groups in total. The first kappa shape index (κ1) is 22.6. The van der Waals surface area contributed by atoms with Gasteiger partial charge in [0.2, 0.25) is 0 Å². The zero-order valence-corrected chi connectivity index (χ0v) is 17.5. The summed E-state index contributed by atoms with van der Waals surface area (Å²) in [5, 5.41) is 0. The molecule has 0 saturated carbocycles. The van der Waals surface area contributed by atoms with E-state index < -0.39 is 71.3 Å². The van der Waals surface area contributed by atoms with Crippen LogP contribution in [0.5, 0.6) is 0 Å². The van der Waals surface area contributed by atoms with Crippen LogP contribution >= 0.6 is 0 Å². The van der Waals surface area contributed by atoms with E-state index in [4.69, 9.17) is 9.47 Å². The number of alkyl halides is 2. The predicted molar refractivity (Wildman–Crippen MR) is 93.0 cm³/mol. The van der Waals surface area contributed by atoms with Gasteiger partial charge in [0.25, 0.3) is 5.92 Å². The lowest BCUT2D eigenvalue weighted by Crippen LogP contribution is -2.53. The van der Waals surface area contributed by atoms with E-state index in [0.717, 1.165) is 4.90 Å². The molecular formula is C16H26F2N2O7S. The molecular weight excluding hydrogens is 402 g/mol. The van der Waals surface area contributed by atoms with Gasteiger partial charge in [-0.3, -0.25) is 9.08 Å². The van der Waals surface area contributed by atoms with Gasteiger partial charge in [0.15, 0.2) is 0 Å². The lowest BCUT2D eigenvalue weighted by Gasteiger charge is -2.33. The van der Waals surface area contributed by atoms with Crippen LogP contribution in [0.1, 0.15) is 48.0 Å². The van der Waals surface area contributed by atoms with Gasteiger partial charge in [-0.25, -0.2) is 18.4 Å². The molecule has 0 aliphatic carbocycles. The number of likely N-dealkylation sites (tertiary alicyclic amines) is 1. The smallest absolute Gasteiger partial charge is 0.426 e. The Morgan fingerprint density at radius 1 is 1.00 bits per heavy atom. The van der Waals surface area contributed by atoms with Crippen LogP contribution in [0.15, 0.2) is 0 Å². The quantitative estimate of drug-likeness (QED) is 0.632. The van der Waals surface area contributed by atoms with Gasteiger partial charge in [-0.1, -0.05) is 0 Å². The van der Waals surface area contributed by atoms with Gasteiger partial charge < -0.3 is 9.47 Å². The molecule has 12 heteroatoms. The zero-order chi connectivity index (χ0) is 21.7. The van der Waals surface area contributed by atoms with Crippen LogP contribution in [0.2, 0.25) is 0 Å². The van der Waals surface area contributed by atoms with Crippen molar-refractivity contribution in [3.63, 3.8) is 0 Å². The fourth-order valence-electron chi connectivity index (χ4n) is 2.96. The van der Waals surface area contributed by atoms with E-state index in [1.165, 1.54) is 20.8 Å². The van der Waals surface area contributed by atoms with Crippen LogP contribution < -0.4 is 0 Å². The fraction of sp³-hybridized carbons (Fsp3) is 0.875. The maximum atomic E-state index is 14.1. The molecule has 28 heavy (non-hydrogen) atoms. The lowest BCUT2D eigenvalue weighted by molar-refractivity contribution is -0.00336. The minimum atomic E-state index is -4.53. The number of carbonyl (C=O) groups excluding carboxylic acids is 2. The average Bonchev–Trinajstić information content (AvgIpc) is 2.90. The highest BCUT2D eigenvalue weighted by molar-refractivity contribution is 7.85. The Balaban J connectivity index is 2.35. The molecule has 1 unspecified atom stereocenters. The van der Waals surface area contributed by atoms with Crippen molar-refractivity contribution in [3.8, 4) is 0 Å². The first-order valence-electron chi connectivity index (χ1n) is 8.71. The molecule has 9 nitrogen and oxygen atoms in total. The molecule has 2 fully saturated rings. The van der Waals surface area contributed by atoms with Crippen LogP contribution in [0.25, 0.3) is 0 Å². The summed E-state index contributed by atoms with van der Waals surface area (Å²) < 4.78 is 67.8. The number of hydrogen-bond donors (Lipinski definition) is 0. The van der Waals surface area contributed by atoms with E-state index in [0.29, 0.717) is 4.31 Å². The molecule has 0 aromatic heterocycles. The van der Waals surface area contributed by atoms with Crippen molar-refractivity contribution in [3.05, 3.63) is 0 Å². The Morgan fingerprint density at radius 2 is 1.50 bits per heavy atom. The molecule has 162 valence electrons. The molecule has 0 aromatic rings. The molecule has 2 heterocycles. The summed E-state index contributed by atoms with van der Waals surface area (Å²) in [6, 6.07) is -2.68. The van der Waals surface area contributed by atoms with Crippen molar-refractivity contribution in [2.24, 2.45) is 0 Å². The van der Waals surface area contributed by atoms with Crippen molar-refractivity contribution in [1.82, 2.24) is 9.21 Å². The van der Waals surface area contributed by atoms with Crippen LogP contribution in [0.4, 0.5) is 18.4 Å². The van der Waals surface area contributed by atoms with E-state index >= 15 is 0 Å². The monoisotopic (exact) mass is 428 g/mol. The number of hydrogen-bond acceptors (Lipinski definition) is 7. The van der Waals surface area contributed by atoms with Gasteiger partial charge in [-0.15, -0.1) is 0 Å². The second-order valence-corrected chi connectivity index (χ2v) is 10.3. The van der Waals surface area contributed by atoms with Crippen LogP contribution in [-0.2, 0) is 24.0 Å². The largest absolute Gasteiger partial charge is 0.444 e. The maximum absolute atomic E-state index is 14.1. The highest BCUT2D eigenvalue weighted by Crippen LogP contribution is 2.38. The van der Waals surface area contributed by atoms with E-state index in [2.05, 4.69) is 4.18 Å². The molecule has 2 atom stereocenters. The second-order valence-electron chi connectivity index (χ2n) is 8.82. The maximum Gasteiger partial charge on any atom is 0.426 e. The van der Waals surface area contributed by atoms with Crippen molar-refractivity contribution < 1.29 is 40.4 Å². The Bertz CT molecular complexity index is 743. The third-order valence-electron chi connectivity index (χ3n) is 3.89. The normalized spacial score (nSPS) is 27.0. The number of ether oxygens (including phenoxy) is 2. The van der Waals surface area contributed by atoms with Crippen molar-refractivity contribution >= 4 is 22.5 Å². The molecule has 0 aromatic carbocycles. The molecule has 0 radical (unpaired) electrons. The van der Waals surface area contributed by atoms with E-state index in [1.54, 1.807) is 20.8 Å². The van der Waals surface area contributed by atoms with Crippen molar-refractivity contribution in [2.75, 3.05) is 13.2 Å². The number of nitrogens with zero attached hydrogens (tertiary/aromatic N) is 2. The molecule has 2 aliphatic heterocycles. The van der Waals surface area contributed by atoms with Crippen LogP contribution in [0.3, 0.4) is 0 Å². The minimum absolute atomic E-state index is 0.293. The summed E-state index contributed by atoms with van der Waals surface area (Å²) >= 11 is 0. The number of halogens is 2. The summed E-state index contributed by atoms with van der Waals surface area (Å²) in [5.41, 5.74) is -1.97. The molecule has 2 amide bonds. The molecule has 0 bridgehead atoms. The van der Waals surface area contributed by atoms with Gasteiger partial charge >= 0.3 is 22.5 Å². The molecule has 0 spiro atoms. The van der Waals surface area contributed by atoms with E-state index in [9.17, 15) is 26.8 Å². The van der Waals surface area contributed by atoms with E-state index in [1.807, 2.05) is 0 Å². The number of amides is 2. The van der Waals surface area contributed by atoms with Crippen LogP contribution in [0, 0.1) is 0 Å². The Labute approximate surface area is 163 Å². The third kappa shape index (κ3) is 5.22. The summed E-state index contributed by atoms with van der Waals surface area (Å²) in [6.45, 7) is 7.78. The first-order valence-corrected chi connectivity index (χ1v) is 10.1. The average molecular weight is 428 g/mol. The van der Waals surface area contributed by atoms with Crippen molar-refractivity contribution in [1.29, 1.82) is 0 Å². The number of rotatable bonds is 1. The van der Waals surface area contributed by atoms with Crippen molar-refractivity contribution in [2.45, 2.75) is 77.2 Å². The van der Waals surface area contributed by atoms with Gasteiger partial charge in [-0.05, 0) is 41.5 Å². The van der Waals surface area contributed by atoms with Gasteiger partial charge in [0, 0.05) is 6.42 Å². The zero-order valence-electron chi connectivity index (χ0n) is 16.7. The second kappa shape index (κ2) is 6.97. The van der Waals surface area contributed by atoms with Gasteiger partial charge in [-0.2, -0.15) is 12.7 Å². The molecule has 2 rings (SSSR count).